The van der Waals surface area contributed by atoms with Gasteiger partial charge >= 0.3 is 0 Å². The molecule has 26 heavy (non-hydrogen) atoms. The number of halogens is 1. The van der Waals surface area contributed by atoms with Crippen molar-refractivity contribution in [3.8, 4) is 11.8 Å². The van der Waals surface area contributed by atoms with Gasteiger partial charge in [0.1, 0.15) is 23.3 Å². The number of aliphatic imine (C=N–C) groups is 1. The second-order valence-electron chi connectivity index (χ2n) is 5.74. The van der Waals surface area contributed by atoms with Crippen molar-refractivity contribution < 1.29 is 4.39 Å². The van der Waals surface area contributed by atoms with Gasteiger partial charge in [-0.3, -0.25) is 4.99 Å². The zero-order valence-corrected chi connectivity index (χ0v) is 15.1. The van der Waals surface area contributed by atoms with Gasteiger partial charge in [0.25, 0.3) is 0 Å². The van der Waals surface area contributed by atoms with E-state index in [1.165, 1.54) is 16.8 Å². The van der Waals surface area contributed by atoms with Crippen LogP contribution in [0.4, 0.5) is 10.2 Å². The number of nitrogens with one attached hydrogen (secondary N) is 2. The van der Waals surface area contributed by atoms with Crippen LogP contribution in [0.5, 0.6) is 0 Å². The predicted molar refractivity (Wildman–Crippen MR) is 101 cm³/mol. The number of hydrogen-bond acceptors (Lipinski definition) is 4. The summed E-state index contributed by atoms with van der Waals surface area (Å²) in [4.78, 5) is 4.14. The number of aryl methyl sites for hydroxylation is 1. The summed E-state index contributed by atoms with van der Waals surface area (Å²) in [5.41, 5.74) is 7.67. The average molecular weight is 357 g/mol. The van der Waals surface area contributed by atoms with Crippen LogP contribution in [-0.2, 0) is 6.42 Å². The molecule has 0 saturated heterocycles. The Balaban J connectivity index is 2.02. The molecule has 1 aromatic heterocycles. The lowest BCUT2D eigenvalue weighted by atomic mass is 10.1. The maximum Gasteiger partial charge on any atom is 0.190 e. The van der Waals surface area contributed by atoms with Crippen molar-refractivity contribution in [3.05, 3.63) is 41.3 Å². The summed E-state index contributed by atoms with van der Waals surface area (Å²) in [6, 6.07) is 7.94. The molecule has 0 fully saturated rings. The SMILES string of the molecule is CCCNC(=NC)NCCCc1nn(-c2ccc(F)cc2)c(N)c1C#N. The van der Waals surface area contributed by atoms with Crippen molar-refractivity contribution in [2.24, 2.45) is 4.99 Å². The second-order valence-corrected chi connectivity index (χ2v) is 5.74. The van der Waals surface area contributed by atoms with Crippen LogP contribution in [0, 0.1) is 17.1 Å². The Bertz CT molecular complexity index is 787. The van der Waals surface area contributed by atoms with Gasteiger partial charge in [-0.05, 0) is 43.5 Å². The lowest BCUT2D eigenvalue weighted by Gasteiger charge is -2.10. The zero-order valence-electron chi connectivity index (χ0n) is 15.1. The number of nitrogens with two attached hydrogens (primary N) is 1. The third-order valence-corrected chi connectivity index (χ3v) is 3.83. The normalized spacial score (nSPS) is 11.2. The average Bonchev–Trinajstić information content (AvgIpc) is 2.97. The zero-order chi connectivity index (χ0) is 18.9. The molecule has 4 N–H and O–H groups in total. The van der Waals surface area contributed by atoms with Crippen LogP contribution in [0.15, 0.2) is 29.3 Å². The van der Waals surface area contributed by atoms with Gasteiger partial charge in [0, 0.05) is 20.1 Å². The summed E-state index contributed by atoms with van der Waals surface area (Å²) in [6.45, 7) is 3.64. The van der Waals surface area contributed by atoms with Gasteiger partial charge in [0.05, 0.1) is 11.4 Å². The van der Waals surface area contributed by atoms with Crippen LogP contribution < -0.4 is 16.4 Å². The summed E-state index contributed by atoms with van der Waals surface area (Å²) in [5.74, 6) is 0.683. The van der Waals surface area contributed by atoms with E-state index in [0.717, 1.165) is 25.3 Å². The van der Waals surface area contributed by atoms with Crippen molar-refractivity contribution in [1.29, 1.82) is 5.26 Å². The fraction of sp³-hybridized carbons (Fsp3) is 0.389. The summed E-state index contributed by atoms with van der Waals surface area (Å²) in [5, 5.41) is 20.3. The molecule has 7 nitrogen and oxygen atoms in total. The van der Waals surface area contributed by atoms with Crippen LogP contribution in [0.3, 0.4) is 0 Å². The molecule has 0 radical (unpaired) electrons. The molecule has 2 aromatic rings. The number of nitrogen functional groups attached to an aromatic ring is 1. The van der Waals surface area contributed by atoms with Gasteiger partial charge in [-0.1, -0.05) is 6.92 Å². The van der Waals surface area contributed by atoms with Crippen molar-refractivity contribution in [2.75, 3.05) is 25.9 Å². The molecule has 2 rings (SSSR count). The highest BCUT2D eigenvalue weighted by Gasteiger charge is 2.16. The van der Waals surface area contributed by atoms with Crippen LogP contribution in [-0.4, -0.2) is 35.9 Å². The van der Waals surface area contributed by atoms with E-state index in [1.807, 2.05) is 0 Å². The molecule has 0 bridgehead atoms. The molecule has 138 valence electrons. The first-order valence-electron chi connectivity index (χ1n) is 8.58. The van der Waals surface area contributed by atoms with E-state index >= 15 is 0 Å². The lowest BCUT2D eigenvalue weighted by Crippen LogP contribution is -2.38. The van der Waals surface area contributed by atoms with Gasteiger partial charge in [-0.15, -0.1) is 0 Å². The summed E-state index contributed by atoms with van der Waals surface area (Å²) >= 11 is 0. The molecule has 8 heteroatoms. The number of benzene rings is 1. The summed E-state index contributed by atoms with van der Waals surface area (Å²) in [7, 11) is 1.73. The van der Waals surface area contributed by atoms with Crippen molar-refractivity contribution in [1.82, 2.24) is 20.4 Å². The minimum atomic E-state index is -0.337. The van der Waals surface area contributed by atoms with E-state index in [2.05, 4.69) is 33.7 Å². The number of hydrogen-bond donors (Lipinski definition) is 3. The fourth-order valence-corrected chi connectivity index (χ4v) is 2.48. The number of aromatic nitrogens is 2. The van der Waals surface area contributed by atoms with E-state index in [-0.39, 0.29) is 11.6 Å². The number of rotatable bonds is 7. The van der Waals surface area contributed by atoms with Gasteiger partial charge in [0.2, 0.25) is 0 Å². The molecule has 0 atom stereocenters. The van der Waals surface area contributed by atoms with E-state index in [1.54, 1.807) is 19.2 Å². The van der Waals surface area contributed by atoms with Gasteiger partial charge < -0.3 is 16.4 Å². The van der Waals surface area contributed by atoms with Gasteiger partial charge in [-0.2, -0.15) is 10.4 Å². The standard InChI is InChI=1S/C18H24FN7/c1-3-10-23-18(22-2)24-11-4-5-16-15(12-20)17(21)26(25-16)14-8-6-13(19)7-9-14/h6-9H,3-5,10-11,21H2,1-2H3,(H2,22,23,24). The molecular formula is C18H24FN7. The molecule has 0 amide bonds. The Morgan fingerprint density at radius 3 is 2.62 bits per heavy atom. The number of nitriles is 1. The van der Waals surface area contributed by atoms with Crippen molar-refractivity contribution >= 4 is 11.8 Å². The lowest BCUT2D eigenvalue weighted by molar-refractivity contribution is 0.627. The smallest absolute Gasteiger partial charge is 0.190 e. The molecule has 1 aromatic carbocycles. The monoisotopic (exact) mass is 357 g/mol. The maximum absolute atomic E-state index is 13.1. The first-order valence-corrected chi connectivity index (χ1v) is 8.58. The van der Waals surface area contributed by atoms with E-state index in [4.69, 9.17) is 5.73 Å². The Kier molecular flexibility index (Phi) is 6.97. The number of anilines is 1. The molecule has 0 spiro atoms. The Hall–Kier alpha value is -3.08. The minimum Gasteiger partial charge on any atom is -0.382 e. The fourth-order valence-electron chi connectivity index (χ4n) is 2.48. The quantitative estimate of drug-likeness (QED) is 0.399. The number of nitrogens with zero attached hydrogens (tertiary/aromatic N) is 4. The van der Waals surface area contributed by atoms with Crippen molar-refractivity contribution in [3.63, 3.8) is 0 Å². The topological polar surface area (TPSA) is 104 Å². The van der Waals surface area contributed by atoms with E-state index < -0.39 is 0 Å². The first-order chi connectivity index (χ1) is 12.6. The Morgan fingerprint density at radius 1 is 1.31 bits per heavy atom. The van der Waals surface area contributed by atoms with Gasteiger partial charge in [-0.25, -0.2) is 9.07 Å². The molecule has 0 aliphatic heterocycles. The molecule has 0 unspecified atom stereocenters. The molecule has 0 saturated carbocycles. The second kappa shape index (κ2) is 9.42. The Morgan fingerprint density at radius 2 is 2.00 bits per heavy atom. The van der Waals surface area contributed by atoms with Crippen LogP contribution in [0.25, 0.3) is 5.69 Å². The number of guanidine groups is 1. The minimum absolute atomic E-state index is 0.266. The predicted octanol–water partition coefficient (Wildman–Crippen LogP) is 1.97. The van der Waals surface area contributed by atoms with Crippen molar-refractivity contribution in [2.45, 2.75) is 26.2 Å². The van der Waals surface area contributed by atoms with E-state index in [0.29, 0.717) is 29.9 Å². The van der Waals surface area contributed by atoms with E-state index in [9.17, 15) is 9.65 Å². The third kappa shape index (κ3) is 4.72. The third-order valence-electron chi connectivity index (χ3n) is 3.83. The highest BCUT2D eigenvalue weighted by molar-refractivity contribution is 5.79. The van der Waals surface area contributed by atoms with Crippen LogP contribution in [0.1, 0.15) is 31.0 Å². The largest absolute Gasteiger partial charge is 0.382 e. The van der Waals surface area contributed by atoms with Crippen LogP contribution in [0.2, 0.25) is 0 Å². The molecule has 1 heterocycles. The maximum atomic E-state index is 13.1. The molecule has 0 aliphatic rings. The first kappa shape index (κ1) is 19.2. The summed E-state index contributed by atoms with van der Waals surface area (Å²) < 4.78 is 14.6. The summed E-state index contributed by atoms with van der Waals surface area (Å²) in [6.07, 6.45) is 2.38. The highest BCUT2D eigenvalue weighted by Crippen LogP contribution is 2.21. The molecular weight excluding hydrogens is 333 g/mol. The Labute approximate surface area is 152 Å². The van der Waals surface area contributed by atoms with Crippen LogP contribution >= 0.6 is 0 Å². The highest BCUT2D eigenvalue weighted by atomic mass is 19.1. The molecule has 0 aliphatic carbocycles. The van der Waals surface area contributed by atoms with Gasteiger partial charge in [0.15, 0.2) is 5.96 Å².